The molecule has 1 saturated heterocycles. The van der Waals surface area contributed by atoms with E-state index in [4.69, 9.17) is 21.1 Å². The molecular formula is C25H25ClN2O4. The van der Waals surface area contributed by atoms with Gasteiger partial charge in [0.05, 0.1) is 16.7 Å². The summed E-state index contributed by atoms with van der Waals surface area (Å²) >= 11 is 6.00. The maximum absolute atomic E-state index is 13.1. The molecule has 0 N–H and O–H groups in total. The van der Waals surface area contributed by atoms with E-state index in [1.807, 2.05) is 75.5 Å². The minimum absolute atomic E-state index is 0.390. The molecule has 2 atom stereocenters. The van der Waals surface area contributed by atoms with E-state index < -0.39 is 23.3 Å². The van der Waals surface area contributed by atoms with E-state index in [9.17, 15) is 9.59 Å². The first kappa shape index (κ1) is 20.9. The van der Waals surface area contributed by atoms with E-state index in [-0.39, 0.29) is 5.97 Å². The summed E-state index contributed by atoms with van der Waals surface area (Å²) in [5.41, 5.74) is 2.00. The third-order valence-corrected chi connectivity index (χ3v) is 6.47. The molecule has 0 bridgehead atoms. The first-order valence-electron chi connectivity index (χ1n) is 10.7. The van der Waals surface area contributed by atoms with Crippen LogP contribution < -0.4 is 4.90 Å². The molecule has 1 amide bonds. The van der Waals surface area contributed by atoms with Crippen molar-refractivity contribution in [3.8, 4) is 0 Å². The number of hydrogen-bond acceptors (Lipinski definition) is 5. The number of hydrogen-bond donors (Lipinski definition) is 0. The average Bonchev–Trinajstić information content (AvgIpc) is 3.16. The summed E-state index contributed by atoms with van der Waals surface area (Å²) in [6.07, 6.45) is 1.30. The van der Waals surface area contributed by atoms with Gasteiger partial charge in [0.1, 0.15) is 5.60 Å². The highest BCUT2D eigenvalue weighted by atomic mass is 35.5. The Morgan fingerprint density at radius 3 is 2.62 bits per heavy atom. The van der Waals surface area contributed by atoms with Crippen LogP contribution in [0.4, 0.5) is 10.5 Å². The molecule has 7 heteroatoms. The Bertz CT molecular complexity index is 1120. The van der Waals surface area contributed by atoms with Crippen LogP contribution in [0, 0.1) is 0 Å². The second-order valence-corrected chi connectivity index (χ2v) is 9.92. The third-order valence-electron chi connectivity index (χ3n) is 6.21. The van der Waals surface area contributed by atoms with Gasteiger partial charge in [0, 0.05) is 24.3 Å². The number of benzene rings is 2. The first-order chi connectivity index (χ1) is 15.2. The van der Waals surface area contributed by atoms with Gasteiger partial charge in [-0.15, -0.1) is 0 Å². The predicted octanol–water partition coefficient (Wildman–Crippen LogP) is 5.01. The van der Waals surface area contributed by atoms with Gasteiger partial charge in [0.2, 0.25) is 0 Å². The van der Waals surface area contributed by atoms with Crippen molar-refractivity contribution >= 4 is 29.4 Å². The quantitative estimate of drug-likeness (QED) is 0.600. The molecule has 0 aromatic heterocycles. The molecule has 2 aromatic rings. The molecule has 166 valence electrons. The minimum atomic E-state index is -0.744. The van der Waals surface area contributed by atoms with Gasteiger partial charge in [-0.1, -0.05) is 41.9 Å². The fourth-order valence-electron chi connectivity index (χ4n) is 4.90. The molecule has 0 aliphatic carbocycles. The van der Waals surface area contributed by atoms with Crippen molar-refractivity contribution in [2.75, 3.05) is 11.4 Å². The molecule has 2 aromatic carbocycles. The predicted molar refractivity (Wildman–Crippen MR) is 121 cm³/mol. The lowest BCUT2D eigenvalue weighted by Gasteiger charge is -2.37. The van der Waals surface area contributed by atoms with E-state index in [1.54, 1.807) is 0 Å². The van der Waals surface area contributed by atoms with Gasteiger partial charge >= 0.3 is 12.1 Å². The number of ether oxygens (including phenoxy) is 2. The van der Waals surface area contributed by atoms with Crippen LogP contribution in [0.2, 0.25) is 5.02 Å². The number of fused-ring (bicyclic) bond motifs is 1. The van der Waals surface area contributed by atoms with E-state index in [2.05, 4.69) is 4.90 Å². The summed E-state index contributed by atoms with van der Waals surface area (Å²) < 4.78 is 11.5. The zero-order chi connectivity index (χ0) is 22.7. The van der Waals surface area contributed by atoms with Gasteiger partial charge in [-0.2, -0.15) is 0 Å². The van der Waals surface area contributed by atoms with Crippen molar-refractivity contribution < 1.29 is 19.1 Å². The molecular weight excluding hydrogens is 428 g/mol. The Hall–Kier alpha value is -2.99. The highest BCUT2D eigenvalue weighted by Crippen LogP contribution is 2.57. The number of nitrogens with zero attached hydrogens (tertiary/aromatic N) is 2. The lowest BCUT2D eigenvalue weighted by atomic mass is 9.72. The van der Waals surface area contributed by atoms with Crippen LogP contribution >= 0.6 is 11.6 Å². The minimum Gasteiger partial charge on any atom is -0.443 e. The van der Waals surface area contributed by atoms with Crippen molar-refractivity contribution in [2.45, 2.75) is 51.0 Å². The van der Waals surface area contributed by atoms with Crippen molar-refractivity contribution in [1.29, 1.82) is 0 Å². The normalized spacial score (nSPS) is 23.8. The Morgan fingerprint density at radius 2 is 1.91 bits per heavy atom. The summed E-state index contributed by atoms with van der Waals surface area (Å²) in [4.78, 5) is 29.8. The van der Waals surface area contributed by atoms with Crippen LogP contribution in [0.3, 0.4) is 0 Å². The Balaban J connectivity index is 1.53. The number of anilines is 1. The fourth-order valence-corrected chi connectivity index (χ4v) is 5.03. The van der Waals surface area contributed by atoms with Crippen molar-refractivity contribution in [3.05, 3.63) is 76.5 Å². The van der Waals surface area contributed by atoms with Crippen LogP contribution in [0.1, 0.15) is 38.3 Å². The van der Waals surface area contributed by atoms with E-state index in [0.29, 0.717) is 23.6 Å². The smallest absolute Gasteiger partial charge is 0.417 e. The molecule has 0 radical (unpaired) electrons. The van der Waals surface area contributed by atoms with E-state index in [0.717, 1.165) is 23.4 Å². The summed E-state index contributed by atoms with van der Waals surface area (Å²) in [6, 6.07) is 15.4. The average molecular weight is 453 g/mol. The molecule has 1 fully saturated rings. The number of rotatable bonds is 2. The Morgan fingerprint density at radius 1 is 1.19 bits per heavy atom. The van der Waals surface area contributed by atoms with Crippen LogP contribution in [-0.2, 0) is 26.2 Å². The van der Waals surface area contributed by atoms with Gasteiger partial charge in [-0.25, -0.2) is 14.5 Å². The second kappa shape index (κ2) is 7.27. The van der Waals surface area contributed by atoms with Crippen LogP contribution in [-0.4, -0.2) is 35.3 Å². The van der Waals surface area contributed by atoms with Crippen molar-refractivity contribution in [3.63, 3.8) is 0 Å². The number of carbonyl (C=O) groups is 2. The van der Waals surface area contributed by atoms with Crippen LogP contribution in [0.25, 0.3) is 0 Å². The summed E-state index contributed by atoms with van der Waals surface area (Å²) in [5, 5.41) is 0.691. The second-order valence-electron chi connectivity index (χ2n) is 9.49. The number of para-hydroxylation sites is 1. The fraction of sp³-hybridized carbons (Fsp3) is 0.360. The zero-order valence-corrected chi connectivity index (χ0v) is 19.1. The Kier molecular flexibility index (Phi) is 4.75. The molecule has 3 heterocycles. The van der Waals surface area contributed by atoms with Crippen molar-refractivity contribution in [1.82, 2.24) is 4.90 Å². The largest absolute Gasteiger partial charge is 0.443 e. The molecule has 5 rings (SSSR count). The Labute approximate surface area is 192 Å². The molecule has 3 aliphatic heterocycles. The number of halogens is 1. The summed E-state index contributed by atoms with van der Waals surface area (Å²) in [7, 11) is 0. The van der Waals surface area contributed by atoms with Gasteiger partial charge in [-0.05, 0) is 56.5 Å². The number of amides is 1. The maximum Gasteiger partial charge on any atom is 0.417 e. The van der Waals surface area contributed by atoms with Gasteiger partial charge < -0.3 is 14.4 Å². The summed E-state index contributed by atoms with van der Waals surface area (Å²) in [5.74, 6) is -0.390. The lowest BCUT2D eigenvalue weighted by molar-refractivity contribution is -0.139. The molecule has 1 spiro atoms. The van der Waals surface area contributed by atoms with Gasteiger partial charge in [-0.3, -0.25) is 0 Å². The molecule has 0 saturated carbocycles. The third kappa shape index (κ3) is 3.25. The SMILES string of the molecule is CC(C)(C)OC(=O)N1c2ccccc2C23CCN(Cc4ccc(Cl)cc4)C=C2C(=O)OC13. The molecule has 3 aliphatic rings. The molecule has 2 unspecified atom stereocenters. The topological polar surface area (TPSA) is 59.1 Å². The lowest BCUT2D eigenvalue weighted by Crippen LogP contribution is -2.49. The number of esters is 1. The van der Waals surface area contributed by atoms with Crippen molar-refractivity contribution in [2.24, 2.45) is 0 Å². The summed E-state index contributed by atoms with van der Waals surface area (Å²) in [6.45, 7) is 6.85. The standard InChI is InChI=1S/C25H25ClN2O4/c1-24(2,3)32-23(30)28-20-7-5-4-6-18(20)25-12-13-27(14-16-8-10-17(26)11-9-16)15-19(25)21(29)31-22(25)28/h4-11,15,22H,12-14H2,1-3H3. The maximum atomic E-state index is 13.1. The van der Waals surface area contributed by atoms with Crippen LogP contribution in [0.15, 0.2) is 60.3 Å². The van der Waals surface area contributed by atoms with E-state index >= 15 is 0 Å². The molecule has 6 nitrogen and oxygen atoms in total. The van der Waals surface area contributed by atoms with E-state index in [1.165, 1.54) is 4.90 Å². The van der Waals surface area contributed by atoms with Gasteiger partial charge in [0.25, 0.3) is 0 Å². The number of carbonyl (C=O) groups excluding carboxylic acids is 2. The highest BCUT2D eigenvalue weighted by Gasteiger charge is 2.65. The first-order valence-corrected chi connectivity index (χ1v) is 11.1. The highest BCUT2D eigenvalue weighted by molar-refractivity contribution is 6.30. The zero-order valence-electron chi connectivity index (χ0n) is 18.3. The van der Waals surface area contributed by atoms with Gasteiger partial charge in [0.15, 0.2) is 6.23 Å². The monoisotopic (exact) mass is 452 g/mol. The van der Waals surface area contributed by atoms with Crippen LogP contribution in [0.5, 0.6) is 0 Å². The molecule has 32 heavy (non-hydrogen) atoms.